The van der Waals surface area contributed by atoms with Gasteiger partial charge in [0.2, 0.25) is 0 Å². The zero-order valence-electron chi connectivity index (χ0n) is 22.1. The van der Waals surface area contributed by atoms with Crippen molar-refractivity contribution in [3.8, 4) is 6.07 Å². The number of rotatable bonds is 6. The molecule has 3 heteroatoms. The van der Waals surface area contributed by atoms with E-state index in [1.165, 1.54) is 38.5 Å². The summed E-state index contributed by atoms with van der Waals surface area (Å²) in [6, 6.07) is 9.72. The molecule has 0 amide bonds. The molecule has 4 aliphatic rings. The van der Waals surface area contributed by atoms with Gasteiger partial charge in [-0.15, -0.1) is 0 Å². The summed E-state index contributed by atoms with van der Waals surface area (Å²) < 4.78 is 0. The summed E-state index contributed by atoms with van der Waals surface area (Å²) in [6.07, 6.45) is 15.4. The van der Waals surface area contributed by atoms with Crippen molar-refractivity contribution >= 4 is 0 Å². The van der Waals surface area contributed by atoms with Gasteiger partial charge in [-0.25, -0.2) is 0 Å². The van der Waals surface area contributed by atoms with Gasteiger partial charge in [-0.05, 0) is 117 Å². The zero-order chi connectivity index (χ0) is 24.8. The first-order valence-electron chi connectivity index (χ1n) is 14.3. The highest BCUT2D eigenvalue weighted by molar-refractivity contribution is 5.38. The number of hydrogen-bond acceptors (Lipinski definition) is 3. The van der Waals surface area contributed by atoms with E-state index < -0.39 is 11.7 Å². The van der Waals surface area contributed by atoms with E-state index in [-0.39, 0.29) is 0 Å². The minimum atomic E-state index is -0.540. The van der Waals surface area contributed by atoms with E-state index >= 15 is 0 Å². The maximum atomic E-state index is 11.0. The molecule has 0 aromatic heterocycles. The van der Waals surface area contributed by atoms with Gasteiger partial charge in [0, 0.05) is 0 Å². The average molecular weight is 476 g/mol. The monoisotopic (exact) mass is 475 g/mol. The van der Waals surface area contributed by atoms with Crippen molar-refractivity contribution in [2.45, 2.75) is 110 Å². The summed E-state index contributed by atoms with van der Waals surface area (Å²) in [5.74, 6) is 3.15. The van der Waals surface area contributed by atoms with Crippen molar-refractivity contribution in [1.29, 1.82) is 5.26 Å². The van der Waals surface area contributed by atoms with Crippen LogP contribution in [0, 0.1) is 45.8 Å². The lowest BCUT2D eigenvalue weighted by Gasteiger charge is -2.59. The Bertz CT molecular complexity index is 1010. The number of nitriles is 1. The van der Waals surface area contributed by atoms with E-state index in [1.807, 2.05) is 18.2 Å². The lowest BCUT2D eigenvalue weighted by atomic mass is 9.46. The van der Waals surface area contributed by atoms with E-state index in [9.17, 15) is 15.5 Å². The van der Waals surface area contributed by atoms with Gasteiger partial charge < -0.3 is 10.2 Å². The van der Waals surface area contributed by atoms with Gasteiger partial charge in [-0.3, -0.25) is 0 Å². The molecular formula is C32H45NO2. The van der Waals surface area contributed by atoms with E-state index in [4.69, 9.17) is 0 Å². The van der Waals surface area contributed by atoms with Crippen LogP contribution in [0.3, 0.4) is 0 Å². The molecule has 3 saturated carbocycles. The molecule has 0 bridgehead atoms. The maximum absolute atomic E-state index is 11.0. The van der Waals surface area contributed by atoms with Crippen LogP contribution in [0.1, 0.15) is 115 Å². The molecule has 3 fully saturated rings. The second kappa shape index (κ2) is 9.35. The summed E-state index contributed by atoms with van der Waals surface area (Å²) in [7, 11) is 0. The summed E-state index contributed by atoms with van der Waals surface area (Å²) in [5.41, 5.74) is 3.20. The number of aliphatic hydroxyl groups excluding tert-OH is 1. The molecule has 190 valence electrons. The van der Waals surface area contributed by atoms with E-state index in [0.717, 1.165) is 67.8 Å². The molecule has 0 aliphatic heterocycles. The first kappa shape index (κ1) is 25.0. The second-order valence-corrected chi connectivity index (χ2v) is 13.0. The summed E-state index contributed by atoms with van der Waals surface area (Å²) in [4.78, 5) is 0. The lowest BCUT2D eigenvalue weighted by molar-refractivity contribution is -0.0718. The van der Waals surface area contributed by atoms with Crippen LogP contribution in [0.4, 0.5) is 0 Å². The fourth-order valence-corrected chi connectivity index (χ4v) is 9.20. The maximum Gasteiger partial charge on any atom is 0.0995 e. The molecule has 0 spiro atoms. The zero-order valence-corrected chi connectivity index (χ0v) is 22.1. The van der Waals surface area contributed by atoms with Crippen LogP contribution in [0.2, 0.25) is 0 Å². The lowest BCUT2D eigenvalue weighted by Crippen LogP contribution is -2.52. The minimum Gasteiger partial charge on any atom is -0.390 e. The highest BCUT2D eigenvalue weighted by Crippen LogP contribution is 2.67. The molecule has 3 nitrogen and oxygen atoms in total. The fourth-order valence-electron chi connectivity index (χ4n) is 9.20. The number of allylic oxidation sites excluding steroid dienone is 1. The van der Waals surface area contributed by atoms with E-state index in [2.05, 4.69) is 32.9 Å². The van der Waals surface area contributed by atoms with Gasteiger partial charge in [0.1, 0.15) is 0 Å². The molecule has 1 aromatic carbocycles. The SMILES string of the molecule is CC[C@]1(O)CC[C@@]2(C)C(=CC[C@H]3[C@@H]4CC[C@H](CCC[C@@H](O)c5ccccc5C#N)[C@@]4(C)CC[C@@H]32)C1. The minimum absolute atomic E-state index is 0.294. The Morgan fingerprint density at radius 2 is 1.89 bits per heavy atom. The molecule has 8 atom stereocenters. The highest BCUT2D eigenvalue weighted by Gasteiger charge is 2.59. The predicted molar refractivity (Wildman–Crippen MR) is 140 cm³/mol. The van der Waals surface area contributed by atoms with Gasteiger partial charge in [-0.2, -0.15) is 5.26 Å². The van der Waals surface area contributed by atoms with Crippen LogP contribution in [0.25, 0.3) is 0 Å². The van der Waals surface area contributed by atoms with Crippen LogP contribution >= 0.6 is 0 Å². The third kappa shape index (κ3) is 4.19. The molecular weight excluding hydrogens is 430 g/mol. The summed E-state index contributed by atoms with van der Waals surface area (Å²) in [6.45, 7) is 7.26. The van der Waals surface area contributed by atoms with Gasteiger partial charge in [-0.1, -0.05) is 57.0 Å². The standard InChI is InChI=1S/C32H45NO2/c1-4-32(35)19-18-31(3)24(20-32)12-14-26-27-15-13-23(30(27,2)17-16-28(26)31)9-7-11-29(34)25-10-6-5-8-22(25)21-33/h5-6,8,10,12,23,26-29,34-35H,4,7,9,11,13-20H2,1-3H3/t23-,26-,27-,28-,29+,30+,31-,32-/m0/s1. The molecule has 0 heterocycles. The number of hydrogen-bond donors (Lipinski definition) is 2. The second-order valence-electron chi connectivity index (χ2n) is 13.0. The van der Waals surface area contributed by atoms with Gasteiger partial charge in [0.15, 0.2) is 0 Å². The predicted octanol–water partition coefficient (Wildman–Crippen LogP) is 7.48. The van der Waals surface area contributed by atoms with Crippen molar-refractivity contribution in [3.63, 3.8) is 0 Å². The third-order valence-corrected chi connectivity index (χ3v) is 11.6. The molecule has 2 N–H and O–H groups in total. The quantitative estimate of drug-likeness (QED) is 0.419. The normalized spacial score (nSPS) is 41.2. The Morgan fingerprint density at radius 1 is 1.09 bits per heavy atom. The fraction of sp³-hybridized carbons (Fsp3) is 0.719. The first-order valence-corrected chi connectivity index (χ1v) is 14.3. The number of fused-ring (bicyclic) bond motifs is 5. The highest BCUT2D eigenvalue weighted by atomic mass is 16.3. The topological polar surface area (TPSA) is 64.2 Å². The summed E-state index contributed by atoms with van der Waals surface area (Å²) in [5, 5.41) is 31.2. The molecule has 4 aliphatic carbocycles. The Hall–Kier alpha value is -1.63. The van der Waals surface area contributed by atoms with Gasteiger partial charge >= 0.3 is 0 Å². The van der Waals surface area contributed by atoms with Crippen molar-refractivity contribution in [2.24, 2.45) is 34.5 Å². The number of nitrogens with zero attached hydrogens (tertiary/aromatic N) is 1. The molecule has 35 heavy (non-hydrogen) atoms. The van der Waals surface area contributed by atoms with Gasteiger partial charge in [0.05, 0.1) is 23.3 Å². The van der Waals surface area contributed by atoms with Crippen LogP contribution in [0.5, 0.6) is 0 Å². The molecule has 0 saturated heterocycles. The van der Waals surface area contributed by atoms with Crippen molar-refractivity contribution < 1.29 is 10.2 Å². The van der Waals surface area contributed by atoms with Crippen LogP contribution < -0.4 is 0 Å². The molecule has 0 unspecified atom stereocenters. The molecule has 1 aromatic rings. The average Bonchev–Trinajstić information content (AvgIpc) is 3.20. The van der Waals surface area contributed by atoms with Crippen LogP contribution in [-0.4, -0.2) is 15.8 Å². The van der Waals surface area contributed by atoms with Crippen molar-refractivity contribution in [3.05, 3.63) is 47.0 Å². The third-order valence-electron chi connectivity index (χ3n) is 11.6. The van der Waals surface area contributed by atoms with E-state index in [1.54, 1.807) is 11.6 Å². The Balaban J connectivity index is 1.24. The van der Waals surface area contributed by atoms with Crippen LogP contribution in [-0.2, 0) is 0 Å². The molecule has 5 rings (SSSR count). The number of aliphatic hydroxyl groups is 2. The Kier molecular flexibility index (Phi) is 6.69. The largest absolute Gasteiger partial charge is 0.390 e. The smallest absolute Gasteiger partial charge is 0.0995 e. The summed E-state index contributed by atoms with van der Waals surface area (Å²) >= 11 is 0. The van der Waals surface area contributed by atoms with Crippen molar-refractivity contribution in [1.82, 2.24) is 0 Å². The van der Waals surface area contributed by atoms with E-state index in [0.29, 0.717) is 16.4 Å². The number of benzene rings is 1. The van der Waals surface area contributed by atoms with Crippen LogP contribution in [0.15, 0.2) is 35.9 Å². The Labute approximate surface area is 212 Å². The van der Waals surface area contributed by atoms with Crippen molar-refractivity contribution in [2.75, 3.05) is 0 Å². The first-order chi connectivity index (χ1) is 16.7. The molecule has 0 radical (unpaired) electrons. The van der Waals surface area contributed by atoms with Gasteiger partial charge in [0.25, 0.3) is 0 Å². The Morgan fingerprint density at radius 3 is 2.66 bits per heavy atom.